The molecule has 100 valence electrons. The van der Waals surface area contributed by atoms with Crippen molar-refractivity contribution in [1.82, 2.24) is 5.32 Å². The van der Waals surface area contributed by atoms with Crippen molar-refractivity contribution >= 4 is 11.6 Å². The lowest BCUT2D eigenvalue weighted by Crippen LogP contribution is -2.24. The van der Waals surface area contributed by atoms with Crippen LogP contribution in [-0.2, 0) is 6.54 Å². The highest BCUT2D eigenvalue weighted by molar-refractivity contribution is 6.31. The van der Waals surface area contributed by atoms with Crippen LogP contribution in [0.15, 0.2) is 18.2 Å². The molecular formula is C15H22ClNO. The fourth-order valence-corrected chi connectivity index (χ4v) is 2.93. The largest absolute Gasteiger partial charge is 0.496 e. The molecule has 1 aliphatic rings. The van der Waals surface area contributed by atoms with Gasteiger partial charge in [0.25, 0.3) is 0 Å². The summed E-state index contributed by atoms with van der Waals surface area (Å²) in [5.74, 6) is 1.71. The summed E-state index contributed by atoms with van der Waals surface area (Å²) in [7, 11) is 1.69. The van der Waals surface area contributed by atoms with Gasteiger partial charge < -0.3 is 10.1 Å². The van der Waals surface area contributed by atoms with Gasteiger partial charge in [-0.25, -0.2) is 0 Å². The smallest absolute Gasteiger partial charge is 0.124 e. The Labute approximate surface area is 115 Å². The maximum atomic E-state index is 6.21. The zero-order valence-corrected chi connectivity index (χ0v) is 11.8. The number of hydrogen-bond acceptors (Lipinski definition) is 2. The van der Waals surface area contributed by atoms with Gasteiger partial charge in [0.2, 0.25) is 0 Å². The lowest BCUT2D eigenvalue weighted by molar-refractivity contribution is 0.340. The van der Waals surface area contributed by atoms with E-state index in [9.17, 15) is 0 Å². The summed E-state index contributed by atoms with van der Waals surface area (Å²) in [5, 5.41) is 4.31. The summed E-state index contributed by atoms with van der Waals surface area (Å²) in [6.45, 7) is 1.88. The molecule has 2 rings (SSSR count). The molecule has 1 fully saturated rings. The summed E-state index contributed by atoms with van der Waals surface area (Å²) in [5.41, 5.74) is 1.07. The van der Waals surface area contributed by atoms with E-state index in [1.54, 1.807) is 7.11 Å². The zero-order valence-electron chi connectivity index (χ0n) is 11.0. The Bertz CT molecular complexity index is 375. The second kappa shape index (κ2) is 7.01. The van der Waals surface area contributed by atoms with E-state index in [2.05, 4.69) is 5.32 Å². The van der Waals surface area contributed by atoms with E-state index in [0.717, 1.165) is 35.3 Å². The molecule has 3 heteroatoms. The highest BCUT2D eigenvalue weighted by Gasteiger charge is 2.13. The molecule has 0 heterocycles. The van der Waals surface area contributed by atoms with Crippen LogP contribution in [-0.4, -0.2) is 13.7 Å². The van der Waals surface area contributed by atoms with Gasteiger partial charge in [0.15, 0.2) is 0 Å². The quantitative estimate of drug-likeness (QED) is 0.870. The lowest BCUT2D eigenvalue weighted by Gasteiger charge is -2.22. The number of hydrogen-bond donors (Lipinski definition) is 1. The molecule has 1 N–H and O–H groups in total. The van der Waals surface area contributed by atoms with E-state index >= 15 is 0 Å². The van der Waals surface area contributed by atoms with Gasteiger partial charge in [-0.2, -0.15) is 0 Å². The van der Waals surface area contributed by atoms with Crippen molar-refractivity contribution in [1.29, 1.82) is 0 Å². The third-order valence-electron chi connectivity index (χ3n) is 3.76. The van der Waals surface area contributed by atoms with E-state index in [1.165, 1.54) is 32.1 Å². The monoisotopic (exact) mass is 267 g/mol. The van der Waals surface area contributed by atoms with Gasteiger partial charge in [-0.1, -0.05) is 36.9 Å². The van der Waals surface area contributed by atoms with Gasteiger partial charge in [-0.05, 0) is 37.4 Å². The third kappa shape index (κ3) is 3.63. The van der Waals surface area contributed by atoms with E-state index in [4.69, 9.17) is 16.3 Å². The van der Waals surface area contributed by atoms with Crippen LogP contribution >= 0.6 is 11.6 Å². The molecule has 2 nitrogen and oxygen atoms in total. The van der Waals surface area contributed by atoms with Gasteiger partial charge in [-0.15, -0.1) is 0 Å². The molecule has 0 atom stereocenters. The SMILES string of the molecule is COc1cccc(Cl)c1CNCC1CCCCC1. The van der Waals surface area contributed by atoms with Crippen LogP contribution in [0.5, 0.6) is 5.75 Å². The van der Waals surface area contributed by atoms with Crippen LogP contribution in [0.3, 0.4) is 0 Å². The molecule has 1 aromatic carbocycles. The number of benzene rings is 1. The highest BCUT2D eigenvalue weighted by atomic mass is 35.5. The molecule has 1 aliphatic carbocycles. The predicted octanol–water partition coefficient (Wildman–Crippen LogP) is 4.02. The van der Waals surface area contributed by atoms with Crippen LogP contribution in [0, 0.1) is 5.92 Å². The summed E-state index contributed by atoms with van der Waals surface area (Å²) >= 11 is 6.21. The van der Waals surface area contributed by atoms with Crippen molar-refractivity contribution in [2.45, 2.75) is 38.6 Å². The highest BCUT2D eigenvalue weighted by Crippen LogP contribution is 2.27. The molecular weight excluding hydrogens is 246 g/mol. The average molecular weight is 268 g/mol. The molecule has 0 unspecified atom stereocenters. The molecule has 18 heavy (non-hydrogen) atoms. The van der Waals surface area contributed by atoms with Crippen molar-refractivity contribution in [3.63, 3.8) is 0 Å². The topological polar surface area (TPSA) is 21.3 Å². The van der Waals surface area contributed by atoms with E-state index < -0.39 is 0 Å². The first-order valence-corrected chi connectivity index (χ1v) is 7.21. The Morgan fingerprint density at radius 3 is 2.78 bits per heavy atom. The van der Waals surface area contributed by atoms with Gasteiger partial charge in [0.1, 0.15) is 5.75 Å². The lowest BCUT2D eigenvalue weighted by atomic mass is 9.89. The molecule has 0 aromatic heterocycles. The first-order chi connectivity index (χ1) is 8.81. The van der Waals surface area contributed by atoms with Crippen molar-refractivity contribution < 1.29 is 4.74 Å². The Hall–Kier alpha value is -0.730. The van der Waals surface area contributed by atoms with E-state index in [-0.39, 0.29) is 0 Å². The fraction of sp³-hybridized carbons (Fsp3) is 0.600. The first-order valence-electron chi connectivity index (χ1n) is 6.83. The summed E-state index contributed by atoms with van der Waals surface area (Å²) < 4.78 is 5.34. The molecule has 1 saturated carbocycles. The molecule has 0 saturated heterocycles. The first kappa shape index (κ1) is 13.7. The van der Waals surface area contributed by atoms with Gasteiger partial charge in [-0.3, -0.25) is 0 Å². The maximum Gasteiger partial charge on any atom is 0.124 e. The minimum Gasteiger partial charge on any atom is -0.496 e. The van der Waals surface area contributed by atoms with Crippen LogP contribution in [0.4, 0.5) is 0 Å². The minimum absolute atomic E-state index is 0.783. The zero-order chi connectivity index (χ0) is 12.8. The molecule has 0 aliphatic heterocycles. The summed E-state index contributed by atoms with van der Waals surface area (Å²) in [6.07, 6.45) is 6.93. The van der Waals surface area contributed by atoms with Crippen molar-refractivity contribution in [3.8, 4) is 5.75 Å². The second-order valence-electron chi connectivity index (χ2n) is 5.06. The maximum absolute atomic E-state index is 6.21. The van der Waals surface area contributed by atoms with Crippen LogP contribution in [0.25, 0.3) is 0 Å². The number of rotatable bonds is 5. The van der Waals surface area contributed by atoms with Crippen LogP contribution in [0.2, 0.25) is 5.02 Å². The number of methoxy groups -OCH3 is 1. The summed E-state index contributed by atoms with van der Waals surface area (Å²) in [6, 6.07) is 5.80. The molecule has 0 radical (unpaired) electrons. The Morgan fingerprint density at radius 2 is 2.06 bits per heavy atom. The molecule has 0 bridgehead atoms. The average Bonchev–Trinajstić information content (AvgIpc) is 2.41. The Kier molecular flexibility index (Phi) is 5.33. The number of halogens is 1. The minimum atomic E-state index is 0.783. The predicted molar refractivity (Wildman–Crippen MR) is 76.3 cm³/mol. The van der Waals surface area contributed by atoms with Crippen molar-refractivity contribution in [2.24, 2.45) is 5.92 Å². The summed E-state index contributed by atoms with van der Waals surface area (Å²) in [4.78, 5) is 0. The second-order valence-corrected chi connectivity index (χ2v) is 5.46. The normalized spacial score (nSPS) is 16.8. The van der Waals surface area contributed by atoms with Crippen molar-refractivity contribution in [2.75, 3.05) is 13.7 Å². The van der Waals surface area contributed by atoms with Crippen LogP contribution in [0.1, 0.15) is 37.7 Å². The number of ether oxygens (including phenoxy) is 1. The molecule has 0 spiro atoms. The molecule has 1 aromatic rings. The van der Waals surface area contributed by atoms with Gasteiger partial charge >= 0.3 is 0 Å². The van der Waals surface area contributed by atoms with Crippen LogP contribution < -0.4 is 10.1 Å². The number of nitrogens with one attached hydrogen (secondary N) is 1. The van der Waals surface area contributed by atoms with Crippen molar-refractivity contribution in [3.05, 3.63) is 28.8 Å². The third-order valence-corrected chi connectivity index (χ3v) is 4.11. The van der Waals surface area contributed by atoms with Gasteiger partial charge in [0, 0.05) is 17.1 Å². The van der Waals surface area contributed by atoms with E-state index in [0.29, 0.717) is 0 Å². The fourth-order valence-electron chi connectivity index (χ4n) is 2.69. The Morgan fingerprint density at radius 1 is 1.28 bits per heavy atom. The Balaban J connectivity index is 1.85. The van der Waals surface area contributed by atoms with Gasteiger partial charge in [0.05, 0.1) is 7.11 Å². The molecule has 0 amide bonds. The van der Waals surface area contributed by atoms with E-state index in [1.807, 2.05) is 18.2 Å². The standard InChI is InChI=1S/C15H22ClNO/c1-18-15-9-5-8-14(16)13(15)11-17-10-12-6-3-2-4-7-12/h5,8-9,12,17H,2-4,6-7,10-11H2,1H3.